The fourth-order valence-corrected chi connectivity index (χ4v) is 11.5. The van der Waals surface area contributed by atoms with Crippen molar-refractivity contribution in [3.05, 3.63) is 0 Å². The number of hydrogen-bond donors (Lipinski definition) is 2. The second-order valence-corrected chi connectivity index (χ2v) is 12.3. The van der Waals surface area contributed by atoms with Crippen molar-refractivity contribution in [1.82, 2.24) is 4.90 Å². The molecular formula is C25H39NO7. The molecule has 5 saturated carbocycles. The van der Waals surface area contributed by atoms with Crippen LogP contribution in [0.25, 0.3) is 0 Å². The first kappa shape index (κ1) is 21.9. The molecule has 186 valence electrons. The molecule has 0 amide bonds. The van der Waals surface area contributed by atoms with Crippen LogP contribution < -0.4 is 0 Å². The van der Waals surface area contributed by atoms with Gasteiger partial charge in [-0.25, -0.2) is 0 Å². The number of likely N-dealkylation sites (N-methyl/N-ethyl adjacent to an activating group) is 1. The van der Waals surface area contributed by atoms with E-state index in [4.69, 9.17) is 23.7 Å². The lowest BCUT2D eigenvalue weighted by Gasteiger charge is -2.72. The van der Waals surface area contributed by atoms with Crippen LogP contribution in [0.2, 0.25) is 0 Å². The molecule has 0 aromatic carbocycles. The van der Waals surface area contributed by atoms with Crippen molar-refractivity contribution in [3.63, 3.8) is 0 Å². The van der Waals surface area contributed by atoms with Gasteiger partial charge in [0.15, 0.2) is 0 Å². The van der Waals surface area contributed by atoms with Crippen molar-refractivity contribution < 1.29 is 33.9 Å². The van der Waals surface area contributed by atoms with Crippen LogP contribution in [0.5, 0.6) is 0 Å². The summed E-state index contributed by atoms with van der Waals surface area (Å²) in [6, 6.07) is -0.191. The normalized spacial score (nSPS) is 64.8. The van der Waals surface area contributed by atoms with Gasteiger partial charge >= 0.3 is 0 Å². The highest BCUT2D eigenvalue weighted by molar-refractivity contribution is 5.46. The molecule has 7 rings (SSSR count). The van der Waals surface area contributed by atoms with Crippen LogP contribution in [0, 0.1) is 28.6 Å². The zero-order chi connectivity index (χ0) is 23.2. The molecule has 33 heavy (non-hydrogen) atoms. The third kappa shape index (κ3) is 1.85. The second-order valence-electron chi connectivity index (χ2n) is 12.3. The van der Waals surface area contributed by atoms with Gasteiger partial charge in [0.05, 0.1) is 41.5 Å². The molecule has 0 aromatic heterocycles. The topological polar surface area (TPSA) is 89.9 Å². The van der Waals surface area contributed by atoms with Crippen molar-refractivity contribution >= 4 is 0 Å². The molecule has 7 bridgehead atoms. The quantitative estimate of drug-likeness (QED) is 0.630. The average Bonchev–Trinajstić information content (AvgIpc) is 3.35. The molecular weight excluding hydrogens is 426 g/mol. The van der Waals surface area contributed by atoms with E-state index >= 15 is 0 Å². The monoisotopic (exact) mass is 465 g/mol. The molecule has 8 nitrogen and oxygen atoms in total. The number of rotatable bonds is 4. The highest BCUT2D eigenvalue weighted by atomic mass is 16.7. The second kappa shape index (κ2) is 6.32. The van der Waals surface area contributed by atoms with Crippen LogP contribution in [0.1, 0.15) is 39.5 Å². The molecule has 2 aliphatic heterocycles. The van der Waals surface area contributed by atoms with Crippen LogP contribution >= 0.6 is 0 Å². The molecule has 8 heteroatoms. The highest BCUT2D eigenvalue weighted by Crippen LogP contribution is 2.83. The van der Waals surface area contributed by atoms with Crippen LogP contribution in [0.3, 0.4) is 0 Å². The first-order chi connectivity index (χ1) is 15.8. The average molecular weight is 466 g/mol. The number of fused-ring (bicyclic) bond motifs is 1. The lowest BCUT2D eigenvalue weighted by atomic mass is 9.41. The number of likely N-dealkylation sites (tertiary alicyclic amines) is 1. The van der Waals surface area contributed by atoms with Gasteiger partial charge in [-0.1, -0.05) is 13.8 Å². The van der Waals surface area contributed by atoms with Gasteiger partial charge in [-0.2, -0.15) is 0 Å². The number of aliphatic hydroxyl groups is 2. The molecule has 7 fully saturated rings. The minimum absolute atomic E-state index is 0.0641. The first-order valence-corrected chi connectivity index (χ1v) is 12.8. The fraction of sp³-hybridized carbons (Fsp3) is 1.00. The fourth-order valence-electron chi connectivity index (χ4n) is 11.5. The Morgan fingerprint density at radius 1 is 1.06 bits per heavy atom. The van der Waals surface area contributed by atoms with E-state index in [0.29, 0.717) is 12.8 Å². The largest absolute Gasteiger partial charge is 0.390 e. The molecule has 5 aliphatic carbocycles. The van der Waals surface area contributed by atoms with E-state index in [-0.39, 0.29) is 54.3 Å². The Kier molecular flexibility index (Phi) is 4.20. The van der Waals surface area contributed by atoms with E-state index in [1.807, 2.05) is 0 Å². The lowest BCUT2D eigenvalue weighted by Crippen LogP contribution is -2.85. The molecule has 0 aromatic rings. The number of hydrogen-bond acceptors (Lipinski definition) is 8. The summed E-state index contributed by atoms with van der Waals surface area (Å²) in [6.07, 6.45) is 1.72. The summed E-state index contributed by atoms with van der Waals surface area (Å²) in [5, 5.41) is 25.6. The Bertz CT molecular complexity index is 874. The van der Waals surface area contributed by atoms with Gasteiger partial charge in [0.2, 0.25) is 0 Å². The number of piperidine rings is 1. The molecule has 3 spiro atoms. The number of methoxy groups -OCH3 is 3. The van der Waals surface area contributed by atoms with Crippen LogP contribution in [-0.4, -0.2) is 104 Å². The summed E-state index contributed by atoms with van der Waals surface area (Å²) in [4.78, 5) is 2.48. The predicted octanol–water partition coefficient (Wildman–Crippen LogP) is 0.779. The third-order valence-electron chi connectivity index (χ3n) is 11.9. The van der Waals surface area contributed by atoms with Crippen LogP contribution in [-0.2, 0) is 23.7 Å². The lowest BCUT2D eigenvalue weighted by molar-refractivity contribution is -0.332. The highest BCUT2D eigenvalue weighted by Gasteiger charge is 2.96. The maximum atomic E-state index is 13.2. The van der Waals surface area contributed by atoms with Crippen molar-refractivity contribution in [2.24, 2.45) is 28.6 Å². The standard InChI is InChI=1S/C25H39NO7/c1-6-26-11-21(2)8-7-15(30-4)24-18(21)19(27)25(20(24)26)23(32-12-33-25)10-14(29-3)13-9-22(24,28)17(23)16(13)31-5/h13-20,27-28H,6-12H2,1-5H3/t13-,14?,15+,16+,17?,18-,19+,20+,21+,22+,23-,24-,25+/m1/s1. The summed E-state index contributed by atoms with van der Waals surface area (Å²) >= 11 is 0. The Hall–Kier alpha value is -0.320. The van der Waals surface area contributed by atoms with Crippen molar-refractivity contribution in [3.8, 4) is 0 Å². The van der Waals surface area contributed by atoms with E-state index in [9.17, 15) is 10.2 Å². The minimum Gasteiger partial charge on any atom is -0.390 e. The number of nitrogens with zero attached hydrogens (tertiary/aromatic N) is 1. The molecule has 7 aliphatic rings. The zero-order valence-electron chi connectivity index (χ0n) is 20.5. The van der Waals surface area contributed by atoms with Crippen LogP contribution in [0.4, 0.5) is 0 Å². The summed E-state index contributed by atoms with van der Waals surface area (Å²) < 4.78 is 31.8. The molecule has 2 saturated heterocycles. The van der Waals surface area contributed by atoms with Gasteiger partial charge in [-0.15, -0.1) is 0 Å². The Balaban J connectivity index is 1.60. The molecule has 2 unspecified atom stereocenters. The summed E-state index contributed by atoms with van der Waals surface area (Å²) in [6.45, 7) is 6.32. The van der Waals surface area contributed by atoms with E-state index in [1.165, 1.54) is 0 Å². The Labute approximate surface area is 195 Å². The third-order valence-corrected chi connectivity index (χ3v) is 11.9. The number of aliphatic hydroxyl groups excluding tert-OH is 1. The molecule has 2 heterocycles. The SMILES string of the molecule is CCN1C[C@]2(C)CC[C@H](OC)[C@]34[C@@H]2[C@H](O)[C@]2(OCO[C@@]25CC(OC)[C@H]2C[C@]3(O)C5[C@H]2OC)[C@@H]14. The summed E-state index contributed by atoms with van der Waals surface area (Å²) in [7, 11) is 5.25. The van der Waals surface area contributed by atoms with Gasteiger partial charge in [0.25, 0.3) is 0 Å². The Morgan fingerprint density at radius 2 is 1.85 bits per heavy atom. The van der Waals surface area contributed by atoms with Crippen molar-refractivity contribution in [2.75, 3.05) is 41.2 Å². The summed E-state index contributed by atoms with van der Waals surface area (Å²) in [5.74, 6) is -0.376. The maximum absolute atomic E-state index is 13.2. The van der Waals surface area contributed by atoms with E-state index < -0.39 is 28.3 Å². The zero-order valence-corrected chi connectivity index (χ0v) is 20.5. The van der Waals surface area contributed by atoms with Gasteiger partial charge < -0.3 is 33.9 Å². The summed E-state index contributed by atoms with van der Waals surface area (Å²) in [5.41, 5.74) is -3.76. The molecule has 0 radical (unpaired) electrons. The van der Waals surface area contributed by atoms with E-state index in [1.54, 1.807) is 21.3 Å². The van der Waals surface area contributed by atoms with E-state index in [2.05, 4.69) is 18.7 Å². The van der Waals surface area contributed by atoms with Crippen molar-refractivity contribution in [2.45, 2.75) is 86.8 Å². The predicted molar refractivity (Wildman–Crippen MR) is 116 cm³/mol. The molecule has 2 N–H and O–H groups in total. The van der Waals surface area contributed by atoms with Gasteiger partial charge in [0.1, 0.15) is 18.0 Å². The van der Waals surface area contributed by atoms with Gasteiger partial charge in [0, 0.05) is 52.0 Å². The molecule has 13 atom stereocenters. The maximum Gasteiger partial charge on any atom is 0.148 e. The van der Waals surface area contributed by atoms with Crippen LogP contribution in [0.15, 0.2) is 0 Å². The smallest absolute Gasteiger partial charge is 0.148 e. The first-order valence-electron chi connectivity index (χ1n) is 12.8. The van der Waals surface area contributed by atoms with Gasteiger partial charge in [-0.3, -0.25) is 4.90 Å². The van der Waals surface area contributed by atoms with Crippen molar-refractivity contribution in [1.29, 1.82) is 0 Å². The van der Waals surface area contributed by atoms with Gasteiger partial charge in [-0.05, 0) is 31.2 Å². The van der Waals surface area contributed by atoms with E-state index in [0.717, 1.165) is 25.9 Å². The Morgan fingerprint density at radius 3 is 2.52 bits per heavy atom. The number of ether oxygens (including phenoxy) is 5. The minimum atomic E-state index is -1.12.